The monoisotopic (exact) mass is 727 g/mol. The van der Waals surface area contributed by atoms with Crippen molar-refractivity contribution in [1.82, 2.24) is 25.3 Å². The Hall–Kier alpha value is -5.80. The third-order valence-electron chi connectivity index (χ3n) is 7.71. The third kappa shape index (κ3) is 9.10. The lowest BCUT2D eigenvalue weighted by atomic mass is 9.87. The van der Waals surface area contributed by atoms with Gasteiger partial charge in [-0.3, -0.25) is 13.3 Å². The Balaban J connectivity index is 1.53. The topological polar surface area (TPSA) is 170 Å². The molecule has 1 atom stereocenters. The number of para-hydroxylation sites is 2. The zero-order valence-corrected chi connectivity index (χ0v) is 30.4. The molecule has 1 N–H and O–H groups in total. The highest BCUT2D eigenvalue weighted by Crippen LogP contribution is 2.44. The Kier molecular flexibility index (Phi) is 12.2. The first-order valence-electron chi connectivity index (χ1n) is 16.1. The van der Waals surface area contributed by atoms with Crippen LogP contribution in [0.3, 0.4) is 0 Å². The van der Waals surface area contributed by atoms with Gasteiger partial charge in [-0.05, 0) is 53.4 Å². The van der Waals surface area contributed by atoms with E-state index in [0.29, 0.717) is 17.2 Å². The molecule has 52 heavy (non-hydrogen) atoms. The number of methoxy groups -OCH3 is 3. The lowest BCUT2D eigenvalue weighted by molar-refractivity contribution is -0.121. The lowest BCUT2D eigenvalue weighted by Crippen LogP contribution is -2.25. The second kappa shape index (κ2) is 16.9. The first kappa shape index (κ1) is 37.5. The Morgan fingerprint density at radius 1 is 0.846 bits per heavy atom. The summed E-state index contributed by atoms with van der Waals surface area (Å²) in [7, 11) is 4.57. The molecule has 0 bridgehead atoms. The molecule has 5 rings (SSSR count). The van der Waals surface area contributed by atoms with Crippen molar-refractivity contribution in [2.24, 2.45) is 0 Å². The van der Waals surface area contributed by atoms with Crippen LogP contribution in [0.4, 0.5) is 11.5 Å². The fourth-order valence-electron chi connectivity index (χ4n) is 4.97. The van der Waals surface area contributed by atoms with Crippen LogP contribution in [0.5, 0.6) is 34.6 Å². The molecule has 2 heterocycles. The number of benzene rings is 3. The van der Waals surface area contributed by atoms with Gasteiger partial charge in [-0.2, -0.15) is 4.98 Å². The highest BCUT2D eigenvalue weighted by Gasteiger charge is 2.28. The summed E-state index contributed by atoms with van der Waals surface area (Å²) in [6, 6.07) is 20.8. The van der Waals surface area contributed by atoms with Gasteiger partial charge in [0, 0.05) is 30.6 Å². The van der Waals surface area contributed by atoms with Crippen LogP contribution in [0.2, 0.25) is 0 Å². The Morgan fingerprint density at radius 2 is 1.54 bits per heavy atom. The molecule has 1 unspecified atom stereocenters. The molecule has 2 aromatic heterocycles. The predicted octanol–water partition coefficient (Wildman–Crippen LogP) is 6.07. The third-order valence-corrected chi connectivity index (χ3v) is 8.39. The van der Waals surface area contributed by atoms with Gasteiger partial charge < -0.3 is 33.6 Å². The average Bonchev–Trinajstić information content (AvgIpc) is 3.15. The van der Waals surface area contributed by atoms with Crippen molar-refractivity contribution >= 4 is 28.7 Å². The van der Waals surface area contributed by atoms with E-state index in [1.807, 2.05) is 12.1 Å². The Bertz CT molecular complexity index is 2010. The van der Waals surface area contributed by atoms with E-state index >= 15 is 0 Å². The molecular formula is C37H39N6O8S-. The zero-order chi connectivity index (χ0) is 37.3. The van der Waals surface area contributed by atoms with Crippen LogP contribution in [-0.4, -0.2) is 62.5 Å². The van der Waals surface area contributed by atoms with E-state index < -0.39 is 11.3 Å². The molecule has 14 nitrogen and oxygen atoms in total. The Labute approximate surface area is 304 Å². The molecule has 0 aliphatic rings. The van der Waals surface area contributed by atoms with Crippen molar-refractivity contribution < 1.29 is 37.2 Å². The average molecular weight is 728 g/mol. The number of hydrogen-bond donors (Lipinski definition) is 1. The number of nitrogens with zero attached hydrogens (tertiary/aromatic N) is 5. The fraction of sp³-hybridized carbons (Fsp3) is 0.270. The van der Waals surface area contributed by atoms with Gasteiger partial charge in [0.05, 0.1) is 51.3 Å². The highest BCUT2D eigenvalue weighted by molar-refractivity contribution is 7.81. The van der Waals surface area contributed by atoms with Gasteiger partial charge in [-0.1, -0.05) is 45.0 Å². The van der Waals surface area contributed by atoms with E-state index in [-0.39, 0.29) is 71.4 Å². The smallest absolute Gasteiger partial charge is 0.263 e. The maximum Gasteiger partial charge on any atom is 0.263 e. The summed E-state index contributed by atoms with van der Waals surface area (Å²) in [6.07, 6.45) is 2.92. The standard InChI is InChI=1S/C37H40N6O8S/c1-37(2,3)25-13-15-26(16-14-25)43(52(45)46)35-32(51-29-11-8-7-10-28(29)48-5)36(42-34(41-35)33-38-19-9-20-39-33)50-21-18-31(44)40-23-24-12-17-27(47-4)22-30(24)49-6/h7-17,19-20,22H,18,21,23H2,1-6H3,(H,40,44)(H,45,46)/p-1. The number of aromatic nitrogens is 4. The summed E-state index contributed by atoms with van der Waals surface area (Å²) in [6.45, 7) is 6.20. The van der Waals surface area contributed by atoms with E-state index in [2.05, 4.69) is 46.0 Å². The van der Waals surface area contributed by atoms with Crippen molar-refractivity contribution in [2.45, 2.75) is 39.2 Å². The van der Waals surface area contributed by atoms with Gasteiger partial charge in [0.1, 0.15) is 11.5 Å². The van der Waals surface area contributed by atoms with Crippen molar-refractivity contribution in [3.05, 3.63) is 96.3 Å². The van der Waals surface area contributed by atoms with Crippen LogP contribution >= 0.6 is 0 Å². The molecule has 0 saturated carbocycles. The maximum absolute atomic E-state index is 13.1. The van der Waals surface area contributed by atoms with Gasteiger partial charge in [0.2, 0.25) is 17.5 Å². The molecule has 5 aromatic rings. The maximum atomic E-state index is 13.1. The first-order valence-corrected chi connectivity index (χ1v) is 17.2. The highest BCUT2D eigenvalue weighted by atomic mass is 32.2. The summed E-state index contributed by atoms with van der Waals surface area (Å²) in [5.74, 6) is 0.990. The fourth-order valence-corrected chi connectivity index (χ4v) is 5.53. The second-order valence-corrected chi connectivity index (χ2v) is 13.0. The van der Waals surface area contributed by atoms with Crippen LogP contribution < -0.4 is 33.3 Å². The molecule has 0 spiro atoms. The number of rotatable bonds is 15. The molecule has 0 aliphatic carbocycles. The van der Waals surface area contributed by atoms with Gasteiger partial charge in [0.25, 0.3) is 5.88 Å². The van der Waals surface area contributed by atoms with Crippen molar-refractivity contribution in [3.63, 3.8) is 0 Å². The van der Waals surface area contributed by atoms with E-state index in [0.717, 1.165) is 15.4 Å². The lowest BCUT2D eigenvalue weighted by Gasteiger charge is -2.29. The molecule has 3 aromatic carbocycles. The van der Waals surface area contributed by atoms with Crippen molar-refractivity contribution in [2.75, 3.05) is 32.2 Å². The van der Waals surface area contributed by atoms with Gasteiger partial charge in [0.15, 0.2) is 23.1 Å². The second-order valence-electron chi connectivity index (χ2n) is 12.2. The normalized spacial score (nSPS) is 11.7. The molecule has 1 amide bonds. The first-order chi connectivity index (χ1) is 25.0. The van der Waals surface area contributed by atoms with Crippen molar-refractivity contribution in [1.29, 1.82) is 0 Å². The largest absolute Gasteiger partial charge is 0.755 e. The summed E-state index contributed by atoms with van der Waals surface area (Å²) in [4.78, 5) is 30.7. The summed E-state index contributed by atoms with van der Waals surface area (Å²) < 4.78 is 55.8. The quantitative estimate of drug-likeness (QED) is 0.124. The number of ether oxygens (including phenoxy) is 5. The van der Waals surface area contributed by atoms with Crippen molar-refractivity contribution in [3.8, 4) is 46.3 Å². The minimum atomic E-state index is -2.92. The molecule has 0 fully saturated rings. The van der Waals surface area contributed by atoms with Gasteiger partial charge in [-0.15, -0.1) is 0 Å². The molecule has 0 saturated heterocycles. The number of amides is 1. The Morgan fingerprint density at radius 3 is 2.17 bits per heavy atom. The zero-order valence-electron chi connectivity index (χ0n) is 29.6. The number of carbonyl (C=O) groups excluding carboxylic acids is 1. The summed E-state index contributed by atoms with van der Waals surface area (Å²) in [5.41, 5.74) is 1.83. The van der Waals surface area contributed by atoms with Crippen LogP contribution in [0.1, 0.15) is 38.3 Å². The number of nitrogens with one attached hydrogen (secondary N) is 1. The molecule has 272 valence electrons. The van der Waals surface area contributed by atoms with Crippen LogP contribution in [0, 0.1) is 0 Å². The van der Waals surface area contributed by atoms with Crippen LogP contribution in [0.25, 0.3) is 11.6 Å². The van der Waals surface area contributed by atoms with Crippen LogP contribution in [-0.2, 0) is 28.0 Å². The number of hydrogen-bond acceptors (Lipinski definition) is 12. The molecule has 0 radical (unpaired) electrons. The van der Waals surface area contributed by atoms with E-state index in [1.54, 1.807) is 67.8 Å². The van der Waals surface area contributed by atoms with Gasteiger partial charge >= 0.3 is 0 Å². The van der Waals surface area contributed by atoms with E-state index in [1.165, 1.54) is 26.6 Å². The predicted molar refractivity (Wildman–Crippen MR) is 194 cm³/mol. The summed E-state index contributed by atoms with van der Waals surface area (Å²) in [5, 5.41) is 2.86. The summed E-state index contributed by atoms with van der Waals surface area (Å²) >= 11 is -2.92. The molecular weight excluding hydrogens is 689 g/mol. The van der Waals surface area contributed by atoms with Crippen LogP contribution in [0.15, 0.2) is 85.2 Å². The number of anilines is 2. The van der Waals surface area contributed by atoms with Gasteiger partial charge in [-0.25, -0.2) is 15.0 Å². The molecule has 15 heteroatoms. The molecule has 0 aliphatic heterocycles. The van der Waals surface area contributed by atoms with E-state index in [9.17, 15) is 13.6 Å². The SMILES string of the molecule is COc1ccc(CNC(=O)CCOc2nc(-c3ncccn3)nc(N(c3ccc(C(C)(C)C)cc3)S(=O)[O-])c2Oc2ccccc2OC)c(OC)c1. The minimum Gasteiger partial charge on any atom is -0.755 e. The number of carbonyl (C=O) groups is 1. The minimum absolute atomic E-state index is 0.0456. The van der Waals surface area contributed by atoms with E-state index in [4.69, 9.17) is 23.7 Å².